The summed E-state index contributed by atoms with van der Waals surface area (Å²) in [5, 5.41) is 0. The Morgan fingerprint density at radius 1 is 0.867 bits per heavy atom. The Hall–Kier alpha value is 0. The van der Waals surface area contributed by atoms with Gasteiger partial charge in [-0.1, -0.05) is 82.6 Å². The molecule has 5 aliphatic rings. The van der Waals surface area contributed by atoms with Gasteiger partial charge in [0, 0.05) is 0 Å². The molecule has 5 fully saturated rings. The molecule has 5 rings (SSSR count). The van der Waals surface area contributed by atoms with Gasteiger partial charge in [-0.3, -0.25) is 0 Å². The highest BCUT2D eigenvalue weighted by molar-refractivity contribution is 5.39. The SMILES string of the molecule is CC[C@@H](C)[C@@]1(C)[C@@H](C)C[C@]23[C@@H]4C[C@H]5[C@@H](C)C[C@@H](C)[C@@H](C)[C@]5(C)[C@@]2(C)CC(C)(C)[C@]13C4. The van der Waals surface area contributed by atoms with Gasteiger partial charge in [0.2, 0.25) is 0 Å². The molecule has 0 heterocycles. The first-order valence-electron chi connectivity index (χ1n) is 13.7. The highest BCUT2D eigenvalue weighted by Crippen LogP contribution is 2.98. The molecule has 30 heavy (non-hydrogen) atoms. The molecule has 0 aromatic heterocycles. The summed E-state index contributed by atoms with van der Waals surface area (Å²) < 4.78 is 0. The minimum atomic E-state index is 0.461. The van der Waals surface area contributed by atoms with Crippen LogP contribution in [-0.4, -0.2) is 0 Å². The lowest BCUT2D eigenvalue weighted by Crippen LogP contribution is -2.73. The van der Waals surface area contributed by atoms with Gasteiger partial charge < -0.3 is 0 Å². The largest absolute Gasteiger partial charge is 0.0651 e. The van der Waals surface area contributed by atoms with Crippen molar-refractivity contribution < 1.29 is 0 Å². The van der Waals surface area contributed by atoms with Gasteiger partial charge >= 0.3 is 0 Å². The van der Waals surface area contributed by atoms with Crippen LogP contribution in [0.5, 0.6) is 0 Å². The quantitative estimate of drug-likeness (QED) is 0.425. The van der Waals surface area contributed by atoms with Crippen LogP contribution in [0, 0.1) is 73.9 Å². The summed E-state index contributed by atoms with van der Waals surface area (Å²) in [5.74, 6) is 6.29. The third kappa shape index (κ3) is 1.72. The highest BCUT2D eigenvalue weighted by atomic mass is 15.0. The maximum Gasteiger partial charge on any atom is -0.0120 e. The Balaban J connectivity index is 1.77. The Morgan fingerprint density at radius 2 is 1.50 bits per heavy atom. The first-order chi connectivity index (χ1) is 13.7. The average Bonchev–Trinajstić information content (AvgIpc) is 2.90. The number of fused-ring (bicyclic) bond motifs is 2. The summed E-state index contributed by atoms with van der Waals surface area (Å²) in [6.45, 7) is 29.5. The van der Waals surface area contributed by atoms with Gasteiger partial charge in [0.15, 0.2) is 0 Å². The maximum absolute atomic E-state index is 2.85. The van der Waals surface area contributed by atoms with E-state index in [1.807, 2.05) is 0 Å². The standard InChI is InChI=1S/C30H52/c1-12-20(4)27(10)21(5)15-29-23-14-24-19(3)13-18(2)22(6)28(24,11)26(29,9)17-25(7,8)30(27,29)16-23/h18-24H,12-17H2,1-11H3/t18-,19+,20-,21+,22-,23-,24+,26-,27+,28+,29+,30-/m1/s1. The first kappa shape index (κ1) is 21.8. The van der Waals surface area contributed by atoms with Crippen LogP contribution < -0.4 is 0 Å². The van der Waals surface area contributed by atoms with E-state index in [1.165, 1.54) is 25.7 Å². The zero-order valence-electron chi connectivity index (χ0n) is 22.3. The van der Waals surface area contributed by atoms with Crippen LogP contribution in [0.25, 0.3) is 0 Å². The van der Waals surface area contributed by atoms with Crippen molar-refractivity contribution in [2.24, 2.45) is 73.9 Å². The van der Waals surface area contributed by atoms with Crippen LogP contribution in [0.4, 0.5) is 0 Å². The normalized spacial score (nSPS) is 64.1. The van der Waals surface area contributed by atoms with Crippen molar-refractivity contribution in [2.45, 2.75) is 115 Å². The molecule has 0 heteroatoms. The van der Waals surface area contributed by atoms with Gasteiger partial charge in [0.1, 0.15) is 0 Å². The Morgan fingerprint density at radius 3 is 2.10 bits per heavy atom. The average molecular weight is 413 g/mol. The fourth-order valence-corrected chi connectivity index (χ4v) is 13.5. The molecule has 0 bridgehead atoms. The molecular weight excluding hydrogens is 360 g/mol. The molecule has 0 amide bonds. The lowest BCUT2D eigenvalue weighted by Gasteiger charge is -2.79. The molecule has 0 aromatic rings. The van der Waals surface area contributed by atoms with Crippen molar-refractivity contribution in [3.05, 3.63) is 0 Å². The van der Waals surface area contributed by atoms with E-state index in [2.05, 4.69) is 76.2 Å². The van der Waals surface area contributed by atoms with Crippen LogP contribution in [0.2, 0.25) is 0 Å². The first-order valence-corrected chi connectivity index (χ1v) is 13.7. The molecule has 0 aromatic carbocycles. The molecule has 0 saturated heterocycles. The Labute approximate surface area is 188 Å². The summed E-state index contributed by atoms with van der Waals surface area (Å²) in [4.78, 5) is 0. The number of rotatable bonds is 2. The van der Waals surface area contributed by atoms with Gasteiger partial charge in [-0.25, -0.2) is 0 Å². The van der Waals surface area contributed by atoms with Crippen molar-refractivity contribution >= 4 is 0 Å². The van der Waals surface area contributed by atoms with E-state index < -0.39 is 0 Å². The maximum atomic E-state index is 2.85. The molecular formula is C30H52. The van der Waals surface area contributed by atoms with Crippen LogP contribution in [0.1, 0.15) is 115 Å². The smallest absolute Gasteiger partial charge is 0.0120 e. The van der Waals surface area contributed by atoms with E-state index in [-0.39, 0.29) is 0 Å². The minimum Gasteiger partial charge on any atom is -0.0651 e. The fraction of sp³-hybridized carbons (Fsp3) is 1.00. The van der Waals surface area contributed by atoms with E-state index in [4.69, 9.17) is 0 Å². The molecule has 5 saturated carbocycles. The van der Waals surface area contributed by atoms with Crippen LogP contribution in [-0.2, 0) is 0 Å². The van der Waals surface area contributed by atoms with Crippen LogP contribution >= 0.6 is 0 Å². The lowest BCUT2D eigenvalue weighted by atomic mass is 9.25. The minimum absolute atomic E-state index is 0.461. The van der Waals surface area contributed by atoms with Crippen LogP contribution in [0.3, 0.4) is 0 Å². The van der Waals surface area contributed by atoms with Gasteiger partial charge in [0.05, 0.1) is 0 Å². The Kier molecular flexibility index (Phi) is 4.17. The fourth-order valence-electron chi connectivity index (χ4n) is 13.5. The summed E-state index contributed by atoms with van der Waals surface area (Å²) in [5.41, 5.74) is 3.11. The molecule has 12 atom stereocenters. The molecule has 0 aliphatic heterocycles. The highest BCUT2D eigenvalue weighted by Gasteiger charge is 2.92. The van der Waals surface area contributed by atoms with E-state index >= 15 is 0 Å². The van der Waals surface area contributed by atoms with Gasteiger partial charge in [0.25, 0.3) is 0 Å². The third-order valence-corrected chi connectivity index (χ3v) is 14.9. The second-order valence-corrected chi connectivity index (χ2v) is 15.0. The summed E-state index contributed by atoms with van der Waals surface area (Å²) >= 11 is 0. The summed E-state index contributed by atoms with van der Waals surface area (Å²) in [6.07, 6.45) is 8.91. The summed E-state index contributed by atoms with van der Waals surface area (Å²) in [6, 6.07) is 0. The monoisotopic (exact) mass is 412 g/mol. The molecule has 5 aliphatic carbocycles. The third-order valence-electron chi connectivity index (χ3n) is 14.9. The Bertz CT molecular complexity index is 749. The van der Waals surface area contributed by atoms with E-state index in [9.17, 15) is 0 Å². The molecule has 0 unspecified atom stereocenters. The predicted molar refractivity (Wildman–Crippen MR) is 129 cm³/mol. The van der Waals surface area contributed by atoms with Crippen molar-refractivity contribution in [3.63, 3.8) is 0 Å². The lowest BCUT2D eigenvalue weighted by molar-refractivity contribution is -0.313. The summed E-state index contributed by atoms with van der Waals surface area (Å²) in [7, 11) is 0. The molecule has 1 spiro atoms. The second-order valence-electron chi connectivity index (χ2n) is 15.0. The topological polar surface area (TPSA) is 0 Å². The number of hydrogen-bond donors (Lipinski definition) is 0. The van der Waals surface area contributed by atoms with Crippen molar-refractivity contribution in [3.8, 4) is 0 Å². The van der Waals surface area contributed by atoms with Gasteiger partial charge in [-0.05, 0) is 106 Å². The molecule has 0 nitrogen and oxygen atoms in total. The number of hydrogen-bond acceptors (Lipinski definition) is 0. The molecule has 172 valence electrons. The van der Waals surface area contributed by atoms with E-state index in [0.717, 1.165) is 41.4 Å². The van der Waals surface area contributed by atoms with Gasteiger partial charge in [-0.15, -0.1) is 0 Å². The zero-order chi connectivity index (χ0) is 22.3. The molecule has 0 radical (unpaired) electrons. The van der Waals surface area contributed by atoms with Crippen LogP contribution in [0.15, 0.2) is 0 Å². The van der Waals surface area contributed by atoms with E-state index in [1.54, 1.807) is 12.8 Å². The van der Waals surface area contributed by atoms with Crippen molar-refractivity contribution in [1.29, 1.82) is 0 Å². The second kappa shape index (κ2) is 5.73. The van der Waals surface area contributed by atoms with E-state index in [0.29, 0.717) is 32.5 Å². The van der Waals surface area contributed by atoms with Crippen molar-refractivity contribution in [2.75, 3.05) is 0 Å². The zero-order valence-corrected chi connectivity index (χ0v) is 22.3. The predicted octanol–water partition coefficient (Wildman–Crippen LogP) is 8.85. The van der Waals surface area contributed by atoms with Crippen molar-refractivity contribution in [1.82, 2.24) is 0 Å². The van der Waals surface area contributed by atoms with Gasteiger partial charge in [-0.2, -0.15) is 0 Å². The molecule has 0 N–H and O–H groups in total.